The van der Waals surface area contributed by atoms with Gasteiger partial charge in [-0.25, -0.2) is 0 Å². The van der Waals surface area contributed by atoms with Gasteiger partial charge in [0.2, 0.25) is 11.8 Å². The highest BCUT2D eigenvalue weighted by Crippen LogP contribution is 2.28. The van der Waals surface area contributed by atoms with Crippen molar-refractivity contribution in [3.8, 4) is 0 Å². The molecule has 0 aliphatic heterocycles. The van der Waals surface area contributed by atoms with Crippen LogP contribution in [0, 0.1) is 5.92 Å². The van der Waals surface area contributed by atoms with Crippen LogP contribution in [0.1, 0.15) is 56.9 Å². The number of carbonyl (C=O) groups is 2. The van der Waals surface area contributed by atoms with Gasteiger partial charge in [0, 0.05) is 18.2 Å². The molecule has 6 heteroatoms. The van der Waals surface area contributed by atoms with Crippen molar-refractivity contribution in [1.82, 2.24) is 5.32 Å². The molecular formula is C19H28ClN3O2. The number of hydrogen-bond donors (Lipinski definition) is 3. The molecule has 2 aliphatic carbocycles. The molecule has 4 N–H and O–H groups in total. The maximum atomic E-state index is 12.3. The molecular weight excluding hydrogens is 338 g/mol. The molecule has 0 heterocycles. The Morgan fingerprint density at radius 2 is 1.80 bits per heavy atom. The van der Waals surface area contributed by atoms with E-state index in [1.165, 1.54) is 0 Å². The number of nitrogens with one attached hydrogen (secondary N) is 2. The van der Waals surface area contributed by atoms with Gasteiger partial charge in [0.25, 0.3) is 0 Å². The van der Waals surface area contributed by atoms with Gasteiger partial charge in [0.05, 0.1) is 5.54 Å². The van der Waals surface area contributed by atoms with Crippen molar-refractivity contribution in [2.45, 2.75) is 63.5 Å². The van der Waals surface area contributed by atoms with Gasteiger partial charge in [-0.1, -0.05) is 37.8 Å². The summed E-state index contributed by atoms with van der Waals surface area (Å²) in [5, 5.41) is 5.94. The van der Waals surface area contributed by atoms with Gasteiger partial charge in [-0.15, -0.1) is 12.4 Å². The smallest absolute Gasteiger partial charge is 0.240 e. The highest BCUT2D eigenvalue weighted by atomic mass is 35.5. The Labute approximate surface area is 155 Å². The van der Waals surface area contributed by atoms with Crippen LogP contribution in [0.2, 0.25) is 0 Å². The molecule has 3 rings (SSSR count). The number of nitrogens with two attached hydrogens (primary N) is 1. The van der Waals surface area contributed by atoms with E-state index in [9.17, 15) is 9.59 Å². The van der Waals surface area contributed by atoms with E-state index in [0.29, 0.717) is 6.54 Å². The van der Waals surface area contributed by atoms with Crippen LogP contribution in [0.25, 0.3) is 0 Å². The number of halogens is 1. The fourth-order valence-electron chi connectivity index (χ4n) is 3.78. The summed E-state index contributed by atoms with van der Waals surface area (Å²) in [5.74, 6) is 0.189. The number of hydrogen-bond acceptors (Lipinski definition) is 3. The van der Waals surface area contributed by atoms with Crippen LogP contribution in [0.3, 0.4) is 0 Å². The fraction of sp³-hybridized carbons (Fsp3) is 0.579. The van der Waals surface area contributed by atoms with Crippen LogP contribution < -0.4 is 16.4 Å². The fourth-order valence-corrected chi connectivity index (χ4v) is 3.78. The minimum absolute atomic E-state index is 0. The normalized spacial score (nSPS) is 19.2. The second kappa shape index (κ2) is 8.68. The van der Waals surface area contributed by atoms with Crippen molar-refractivity contribution in [3.63, 3.8) is 0 Å². The molecule has 2 aliphatic rings. The Hall–Kier alpha value is -1.59. The molecule has 0 unspecified atom stereocenters. The number of anilines is 1. The predicted octanol–water partition coefficient (Wildman–Crippen LogP) is 3.12. The second-order valence-corrected chi connectivity index (χ2v) is 7.22. The lowest BCUT2D eigenvalue weighted by atomic mass is 9.98. The van der Waals surface area contributed by atoms with E-state index in [1.807, 2.05) is 24.3 Å². The van der Waals surface area contributed by atoms with Crippen molar-refractivity contribution in [3.05, 3.63) is 29.8 Å². The maximum Gasteiger partial charge on any atom is 0.240 e. The summed E-state index contributed by atoms with van der Waals surface area (Å²) in [6, 6.07) is 7.66. The number of rotatable bonds is 5. The van der Waals surface area contributed by atoms with Gasteiger partial charge in [-0.05, 0) is 43.4 Å². The first-order chi connectivity index (χ1) is 11.6. The average Bonchev–Trinajstić information content (AvgIpc) is 3.25. The molecule has 2 saturated carbocycles. The molecule has 0 aromatic heterocycles. The highest BCUT2D eigenvalue weighted by Gasteiger charge is 2.36. The maximum absolute atomic E-state index is 12.3. The van der Waals surface area contributed by atoms with Crippen molar-refractivity contribution >= 4 is 29.9 Å². The van der Waals surface area contributed by atoms with Crippen molar-refractivity contribution in [2.24, 2.45) is 11.7 Å². The largest absolute Gasteiger partial charge is 0.350 e. The van der Waals surface area contributed by atoms with Crippen LogP contribution in [-0.4, -0.2) is 17.4 Å². The third-order valence-electron chi connectivity index (χ3n) is 5.32. The predicted molar refractivity (Wildman–Crippen MR) is 102 cm³/mol. The Bertz CT molecular complexity index is 608. The van der Waals surface area contributed by atoms with E-state index in [1.54, 1.807) is 0 Å². The molecule has 138 valence electrons. The number of carbonyl (C=O) groups excluding carboxylic acids is 2. The number of amides is 2. The molecule has 0 atom stereocenters. The standard InChI is InChI=1S/C19H27N3O2.ClH/c20-19(10-3-4-11-19)18(24)21-13-14-6-5-9-16(12-14)22-17(23)15-7-1-2-8-15;/h5-6,9,12,15H,1-4,7-8,10-11,13,20H2,(H,21,24)(H,22,23);1H. The van der Waals surface area contributed by atoms with E-state index < -0.39 is 5.54 Å². The Kier molecular flexibility index (Phi) is 6.85. The van der Waals surface area contributed by atoms with Gasteiger partial charge in [0.15, 0.2) is 0 Å². The van der Waals surface area contributed by atoms with Crippen LogP contribution in [0.15, 0.2) is 24.3 Å². The molecule has 2 amide bonds. The van der Waals surface area contributed by atoms with Crippen molar-refractivity contribution in [2.75, 3.05) is 5.32 Å². The Balaban J connectivity index is 0.00000225. The van der Waals surface area contributed by atoms with Crippen LogP contribution in [0.4, 0.5) is 5.69 Å². The molecule has 0 spiro atoms. The first kappa shape index (κ1) is 19.7. The summed E-state index contributed by atoms with van der Waals surface area (Å²) in [7, 11) is 0. The van der Waals surface area contributed by atoms with Crippen molar-refractivity contribution in [1.29, 1.82) is 0 Å². The topological polar surface area (TPSA) is 84.2 Å². The van der Waals surface area contributed by atoms with E-state index in [4.69, 9.17) is 5.73 Å². The first-order valence-corrected chi connectivity index (χ1v) is 9.04. The lowest BCUT2D eigenvalue weighted by Crippen LogP contribution is -2.51. The minimum atomic E-state index is -0.700. The molecule has 5 nitrogen and oxygen atoms in total. The molecule has 1 aromatic carbocycles. The highest BCUT2D eigenvalue weighted by molar-refractivity contribution is 5.92. The second-order valence-electron chi connectivity index (χ2n) is 7.22. The van der Waals surface area contributed by atoms with E-state index in [0.717, 1.165) is 62.6 Å². The first-order valence-electron chi connectivity index (χ1n) is 9.04. The van der Waals surface area contributed by atoms with Gasteiger partial charge < -0.3 is 16.4 Å². The third-order valence-corrected chi connectivity index (χ3v) is 5.32. The Morgan fingerprint density at radius 3 is 2.48 bits per heavy atom. The van der Waals surface area contributed by atoms with Gasteiger partial charge in [0.1, 0.15) is 0 Å². The molecule has 2 fully saturated rings. The van der Waals surface area contributed by atoms with E-state index in [-0.39, 0.29) is 30.1 Å². The zero-order chi connectivity index (χ0) is 17.0. The number of benzene rings is 1. The zero-order valence-electron chi connectivity index (χ0n) is 14.6. The molecule has 25 heavy (non-hydrogen) atoms. The van der Waals surface area contributed by atoms with Gasteiger partial charge in [-0.2, -0.15) is 0 Å². The third kappa shape index (κ3) is 4.95. The molecule has 0 radical (unpaired) electrons. The molecule has 0 bridgehead atoms. The van der Waals surface area contributed by atoms with Crippen LogP contribution in [-0.2, 0) is 16.1 Å². The zero-order valence-corrected chi connectivity index (χ0v) is 15.4. The molecule has 1 aromatic rings. The summed E-state index contributed by atoms with van der Waals surface area (Å²) in [5.41, 5.74) is 7.22. The summed E-state index contributed by atoms with van der Waals surface area (Å²) in [4.78, 5) is 24.5. The van der Waals surface area contributed by atoms with E-state index in [2.05, 4.69) is 10.6 Å². The summed E-state index contributed by atoms with van der Waals surface area (Å²) < 4.78 is 0. The summed E-state index contributed by atoms with van der Waals surface area (Å²) in [6.45, 7) is 0.435. The SMILES string of the molecule is Cl.NC1(C(=O)NCc2cccc(NC(=O)C3CCCC3)c2)CCCC1. The van der Waals surface area contributed by atoms with Gasteiger partial charge >= 0.3 is 0 Å². The van der Waals surface area contributed by atoms with Gasteiger partial charge in [-0.3, -0.25) is 9.59 Å². The quantitative estimate of drug-likeness (QED) is 0.749. The lowest BCUT2D eigenvalue weighted by molar-refractivity contribution is -0.126. The van der Waals surface area contributed by atoms with Crippen LogP contribution in [0.5, 0.6) is 0 Å². The van der Waals surface area contributed by atoms with Crippen LogP contribution >= 0.6 is 12.4 Å². The molecule has 0 saturated heterocycles. The monoisotopic (exact) mass is 365 g/mol. The van der Waals surface area contributed by atoms with Crippen molar-refractivity contribution < 1.29 is 9.59 Å². The Morgan fingerprint density at radius 1 is 1.12 bits per heavy atom. The average molecular weight is 366 g/mol. The van der Waals surface area contributed by atoms with E-state index >= 15 is 0 Å². The lowest BCUT2D eigenvalue weighted by Gasteiger charge is -2.22. The summed E-state index contributed by atoms with van der Waals surface area (Å²) >= 11 is 0. The summed E-state index contributed by atoms with van der Waals surface area (Å²) in [6.07, 6.45) is 7.82. The minimum Gasteiger partial charge on any atom is -0.350 e.